The fourth-order valence-electron chi connectivity index (χ4n) is 2.01. The third-order valence-electron chi connectivity index (χ3n) is 3.03. The fraction of sp³-hybridized carbons (Fsp3) is 0.444. The number of allylic oxidation sites excluding steroid dienone is 5. The van der Waals surface area contributed by atoms with Crippen molar-refractivity contribution in [3.05, 3.63) is 60.9 Å². The molecule has 0 aromatic rings. The average molecular weight is 274 g/mol. The van der Waals surface area contributed by atoms with E-state index in [1.807, 2.05) is 19.2 Å². The van der Waals surface area contributed by atoms with E-state index in [4.69, 9.17) is 0 Å². The van der Waals surface area contributed by atoms with Gasteiger partial charge in [0.05, 0.1) is 0 Å². The van der Waals surface area contributed by atoms with Crippen LogP contribution in [-0.4, -0.2) is 19.1 Å². The van der Waals surface area contributed by atoms with Crippen molar-refractivity contribution >= 4 is 0 Å². The van der Waals surface area contributed by atoms with Gasteiger partial charge in [-0.3, -0.25) is 0 Å². The molecule has 0 aliphatic carbocycles. The summed E-state index contributed by atoms with van der Waals surface area (Å²) < 4.78 is 0. The van der Waals surface area contributed by atoms with Crippen molar-refractivity contribution in [1.29, 1.82) is 0 Å². The van der Waals surface area contributed by atoms with E-state index in [1.165, 1.54) is 16.8 Å². The Labute approximate surface area is 125 Å². The molecule has 0 spiro atoms. The van der Waals surface area contributed by atoms with Crippen LogP contribution >= 0.6 is 0 Å². The standard InChI is InChI=1S/C18H30N2/c1-8-10-11-16(6)18(19-7)13-15(5)12-17(9-2)20-14(3)4/h8-11,14,17,19-20H,1-2,5,12-13H2,3-4,6-7H3/b11-10-,18-16+. The maximum atomic E-state index is 4.19. The minimum Gasteiger partial charge on any atom is -0.391 e. The molecular weight excluding hydrogens is 244 g/mol. The zero-order valence-corrected chi connectivity index (χ0v) is 13.5. The van der Waals surface area contributed by atoms with Gasteiger partial charge in [-0.25, -0.2) is 0 Å². The second kappa shape index (κ2) is 10.3. The normalized spacial score (nSPS) is 14.1. The highest BCUT2D eigenvalue weighted by molar-refractivity contribution is 5.27. The molecule has 0 fully saturated rings. The minimum absolute atomic E-state index is 0.282. The molecule has 2 heteroatoms. The van der Waals surface area contributed by atoms with Crippen LogP contribution < -0.4 is 10.6 Å². The van der Waals surface area contributed by atoms with Crippen molar-refractivity contribution in [2.24, 2.45) is 0 Å². The summed E-state index contributed by atoms with van der Waals surface area (Å²) in [5, 5.41) is 6.73. The zero-order valence-electron chi connectivity index (χ0n) is 13.5. The molecule has 0 aromatic carbocycles. The molecule has 0 aliphatic rings. The molecule has 0 bridgehead atoms. The Morgan fingerprint density at radius 3 is 2.35 bits per heavy atom. The Kier molecular flexibility index (Phi) is 9.48. The molecular formula is C18H30N2. The lowest BCUT2D eigenvalue weighted by Gasteiger charge is -2.20. The van der Waals surface area contributed by atoms with Gasteiger partial charge >= 0.3 is 0 Å². The van der Waals surface area contributed by atoms with Crippen molar-refractivity contribution in [1.82, 2.24) is 10.6 Å². The van der Waals surface area contributed by atoms with E-state index in [0.29, 0.717) is 6.04 Å². The molecule has 2 N–H and O–H groups in total. The molecule has 20 heavy (non-hydrogen) atoms. The maximum Gasteiger partial charge on any atom is 0.0286 e. The molecule has 1 unspecified atom stereocenters. The lowest BCUT2D eigenvalue weighted by molar-refractivity contribution is 0.517. The van der Waals surface area contributed by atoms with Gasteiger partial charge in [0, 0.05) is 31.2 Å². The van der Waals surface area contributed by atoms with Crippen LogP contribution in [0.25, 0.3) is 0 Å². The molecule has 0 amide bonds. The Morgan fingerprint density at radius 1 is 1.25 bits per heavy atom. The highest BCUT2D eigenvalue weighted by Crippen LogP contribution is 2.17. The van der Waals surface area contributed by atoms with Crippen molar-refractivity contribution in [3.63, 3.8) is 0 Å². The Hall–Kier alpha value is -1.54. The smallest absolute Gasteiger partial charge is 0.0286 e. The van der Waals surface area contributed by atoms with E-state index in [0.717, 1.165) is 12.8 Å². The summed E-state index contributed by atoms with van der Waals surface area (Å²) in [5.74, 6) is 0. The van der Waals surface area contributed by atoms with Crippen molar-refractivity contribution < 1.29 is 0 Å². The maximum absolute atomic E-state index is 4.19. The van der Waals surface area contributed by atoms with Crippen molar-refractivity contribution in [2.75, 3.05) is 7.05 Å². The van der Waals surface area contributed by atoms with Gasteiger partial charge in [0.15, 0.2) is 0 Å². The summed E-state index contributed by atoms with van der Waals surface area (Å²) >= 11 is 0. The monoisotopic (exact) mass is 274 g/mol. The zero-order chi connectivity index (χ0) is 15.5. The van der Waals surface area contributed by atoms with Gasteiger partial charge in [0.25, 0.3) is 0 Å². The highest BCUT2D eigenvalue weighted by atomic mass is 14.9. The Bertz CT molecular complexity index is 386. The molecule has 0 aromatic heterocycles. The quantitative estimate of drug-likeness (QED) is 0.463. The van der Waals surface area contributed by atoms with Crippen LogP contribution in [0.1, 0.15) is 33.6 Å². The van der Waals surface area contributed by atoms with Gasteiger partial charge in [0.2, 0.25) is 0 Å². The van der Waals surface area contributed by atoms with Gasteiger partial charge in [-0.15, -0.1) is 6.58 Å². The van der Waals surface area contributed by atoms with Crippen molar-refractivity contribution in [3.8, 4) is 0 Å². The second-order valence-corrected chi connectivity index (χ2v) is 5.30. The van der Waals surface area contributed by atoms with Crippen LogP contribution in [0.2, 0.25) is 0 Å². The van der Waals surface area contributed by atoms with Crippen LogP contribution in [0.5, 0.6) is 0 Å². The van der Waals surface area contributed by atoms with Gasteiger partial charge in [0.1, 0.15) is 0 Å². The van der Waals surface area contributed by atoms with Crippen LogP contribution in [-0.2, 0) is 0 Å². The summed E-state index contributed by atoms with van der Waals surface area (Å²) in [6.07, 6.45) is 9.51. The Morgan fingerprint density at radius 2 is 1.90 bits per heavy atom. The lowest BCUT2D eigenvalue weighted by Crippen LogP contribution is -2.33. The number of nitrogens with one attached hydrogen (secondary N) is 2. The molecule has 1 atom stereocenters. The Balaban J connectivity index is 4.66. The van der Waals surface area contributed by atoms with E-state index >= 15 is 0 Å². The van der Waals surface area contributed by atoms with Gasteiger partial charge < -0.3 is 10.6 Å². The summed E-state index contributed by atoms with van der Waals surface area (Å²) in [6.45, 7) is 18.1. The topological polar surface area (TPSA) is 24.1 Å². The summed E-state index contributed by atoms with van der Waals surface area (Å²) in [6, 6.07) is 0.729. The molecule has 0 heterocycles. The highest BCUT2D eigenvalue weighted by Gasteiger charge is 2.09. The first-order chi connectivity index (χ1) is 9.44. The lowest BCUT2D eigenvalue weighted by atomic mass is 10.0. The van der Waals surface area contributed by atoms with Crippen LogP contribution in [0.3, 0.4) is 0 Å². The first-order valence-corrected chi connectivity index (χ1v) is 7.16. The first-order valence-electron chi connectivity index (χ1n) is 7.16. The number of rotatable bonds is 10. The van der Waals surface area contributed by atoms with Gasteiger partial charge in [-0.2, -0.15) is 0 Å². The SMILES string of the molecule is C=C/C=C\C(C)=C(/CC(=C)CC(C=C)NC(C)C)NC. The molecule has 0 saturated carbocycles. The van der Waals surface area contributed by atoms with E-state index in [9.17, 15) is 0 Å². The van der Waals surface area contributed by atoms with E-state index in [-0.39, 0.29) is 6.04 Å². The molecule has 0 rings (SSSR count). The van der Waals surface area contributed by atoms with E-state index in [2.05, 4.69) is 57.2 Å². The number of hydrogen-bond acceptors (Lipinski definition) is 2. The van der Waals surface area contributed by atoms with Crippen LogP contribution in [0.4, 0.5) is 0 Å². The minimum atomic E-state index is 0.282. The summed E-state index contributed by atoms with van der Waals surface area (Å²) in [4.78, 5) is 0. The number of hydrogen-bond donors (Lipinski definition) is 2. The molecule has 2 nitrogen and oxygen atoms in total. The largest absolute Gasteiger partial charge is 0.391 e. The summed E-state index contributed by atoms with van der Waals surface area (Å²) in [5.41, 5.74) is 3.60. The molecule has 0 radical (unpaired) electrons. The second-order valence-electron chi connectivity index (χ2n) is 5.30. The van der Waals surface area contributed by atoms with Gasteiger partial charge in [-0.05, 0) is 18.9 Å². The third-order valence-corrected chi connectivity index (χ3v) is 3.03. The van der Waals surface area contributed by atoms with Gasteiger partial charge in [-0.1, -0.05) is 56.9 Å². The summed E-state index contributed by atoms with van der Waals surface area (Å²) in [7, 11) is 1.95. The molecule has 0 saturated heterocycles. The first kappa shape index (κ1) is 18.5. The van der Waals surface area contributed by atoms with E-state index in [1.54, 1.807) is 6.08 Å². The average Bonchev–Trinajstić information content (AvgIpc) is 2.40. The molecule has 112 valence electrons. The third kappa shape index (κ3) is 7.80. The van der Waals surface area contributed by atoms with Crippen molar-refractivity contribution in [2.45, 2.75) is 45.7 Å². The van der Waals surface area contributed by atoms with Crippen LogP contribution in [0, 0.1) is 0 Å². The van der Waals surface area contributed by atoms with Crippen LogP contribution in [0.15, 0.2) is 60.9 Å². The molecule has 0 aliphatic heterocycles. The predicted molar refractivity (Wildman–Crippen MR) is 91.7 cm³/mol. The van der Waals surface area contributed by atoms with E-state index < -0.39 is 0 Å². The fourth-order valence-corrected chi connectivity index (χ4v) is 2.01. The predicted octanol–water partition coefficient (Wildman–Crippen LogP) is 4.11.